The lowest BCUT2D eigenvalue weighted by Gasteiger charge is -2.32. The van der Waals surface area contributed by atoms with Crippen LogP contribution in [0.25, 0.3) is 0 Å². The Morgan fingerprint density at radius 3 is 2.87 bits per heavy atom. The molecule has 1 aromatic heterocycles. The van der Waals surface area contributed by atoms with Crippen molar-refractivity contribution in [3.8, 4) is 0 Å². The first-order chi connectivity index (χ1) is 11.0. The van der Waals surface area contributed by atoms with E-state index in [0.29, 0.717) is 5.76 Å². The molecule has 3 rings (SSSR count). The molecule has 2 aliphatic heterocycles. The summed E-state index contributed by atoms with van der Waals surface area (Å²) < 4.78 is 32.8. The minimum atomic E-state index is -3.39. The minimum absolute atomic E-state index is 0.0835. The molecule has 10 nitrogen and oxygen atoms in total. The molecule has 0 aromatic carbocycles. The van der Waals surface area contributed by atoms with Crippen molar-refractivity contribution in [1.29, 1.82) is 0 Å². The monoisotopic (exact) mass is 341 g/mol. The third-order valence-corrected chi connectivity index (χ3v) is 4.99. The summed E-state index contributed by atoms with van der Waals surface area (Å²) in [4.78, 5) is 12.7. The van der Waals surface area contributed by atoms with E-state index >= 15 is 0 Å². The number of rotatable bonds is 6. The van der Waals surface area contributed by atoms with E-state index in [-0.39, 0.29) is 18.0 Å². The lowest BCUT2D eigenvalue weighted by atomic mass is 10.1. The number of hydrogen-bond acceptors (Lipinski definition) is 10. The summed E-state index contributed by atoms with van der Waals surface area (Å²) in [6, 6.07) is 3.46. The highest BCUT2D eigenvalue weighted by Crippen LogP contribution is 2.47. The number of nitrogens with zero attached hydrogens (tertiary/aromatic N) is 3. The maximum Gasteiger partial charge on any atom is 0.355 e. The Balaban J connectivity index is 1.87. The minimum Gasteiger partial charge on any atom is -0.465 e. The number of furan rings is 1. The summed E-state index contributed by atoms with van der Waals surface area (Å²) in [5.41, 5.74) is 4.66. The van der Waals surface area contributed by atoms with Crippen molar-refractivity contribution < 1.29 is 22.8 Å². The molecule has 0 bridgehead atoms. The van der Waals surface area contributed by atoms with Gasteiger partial charge in [0.1, 0.15) is 0 Å². The van der Waals surface area contributed by atoms with Crippen molar-refractivity contribution >= 4 is 25.6 Å². The van der Waals surface area contributed by atoms with Crippen molar-refractivity contribution in [2.45, 2.75) is 11.9 Å². The number of nitrogens with one attached hydrogen (secondary N) is 1. The predicted molar refractivity (Wildman–Crippen MR) is 82.4 cm³/mol. The van der Waals surface area contributed by atoms with Gasteiger partial charge in [0.2, 0.25) is 6.17 Å². The van der Waals surface area contributed by atoms with Crippen LogP contribution < -0.4 is 11.1 Å². The smallest absolute Gasteiger partial charge is 0.355 e. The Bertz CT molecular complexity index is 707. The molecule has 0 saturated heterocycles. The van der Waals surface area contributed by atoms with Crippen molar-refractivity contribution in [3.63, 3.8) is 0 Å². The normalized spacial score (nSPS) is 26.4. The largest absolute Gasteiger partial charge is 0.465 e. The van der Waals surface area contributed by atoms with Gasteiger partial charge in [-0.15, -0.1) is 0 Å². The number of fused-ring (bicyclic) bond motifs is 1. The molecule has 2 unspecified atom stereocenters. The molecule has 2 atom stereocenters. The number of aliphatic imine (C=N–C) groups is 3. The molecule has 11 heteroatoms. The van der Waals surface area contributed by atoms with Gasteiger partial charge in [-0.05, 0) is 12.1 Å². The zero-order valence-corrected chi connectivity index (χ0v) is 13.4. The van der Waals surface area contributed by atoms with E-state index in [2.05, 4.69) is 20.3 Å². The first-order valence-corrected chi connectivity index (χ1v) is 8.36. The average molecular weight is 341 g/mol. The summed E-state index contributed by atoms with van der Waals surface area (Å²) >= 11 is 0. The number of nitrogens with two attached hydrogens (primary N) is 1. The SMILES string of the molecule is COP(=O)(COC12NC=NC1=NC(c1ccco1)N=C2N)OC. The van der Waals surface area contributed by atoms with Crippen molar-refractivity contribution in [3.05, 3.63) is 24.2 Å². The number of hydrogen-bond donors (Lipinski definition) is 2. The van der Waals surface area contributed by atoms with Gasteiger partial charge in [-0.3, -0.25) is 4.57 Å². The molecule has 2 aliphatic rings. The zero-order chi connectivity index (χ0) is 16.5. The first kappa shape index (κ1) is 15.9. The van der Waals surface area contributed by atoms with E-state index in [1.807, 2.05) is 0 Å². The molecular weight excluding hydrogens is 325 g/mol. The molecule has 0 fully saturated rings. The lowest BCUT2D eigenvalue weighted by Crippen LogP contribution is -2.60. The fourth-order valence-corrected chi connectivity index (χ4v) is 2.83. The quantitative estimate of drug-likeness (QED) is 0.732. The molecule has 23 heavy (non-hydrogen) atoms. The number of ether oxygens (including phenoxy) is 1. The van der Waals surface area contributed by atoms with E-state index in [1.165, 1.54) is 26.8 Å². The van der Waals surface area contributed by atoms with Crippen LogP contribution in [0.2, 0.25) is 0 Å². The molecule has 0 amide bonds. The highest BCUT2D eigenvalue weighted by Gasteiger charge is 2.49. The highest BCUT2D eigenvalue weighted by atomic mass is 31.2. The van der Waals surface area contributed by atoms with Gasteiger partial charge in [0.25, 0.3) is 5.72 Å². The second-order valence-corrected chi connectivity index (χ2v) is 6.90. The highest BCUT2D eigenvalue weighted by molar-refractivity contribution is 7.53. The summed E-state index contributed by atoms with van der Waals surface area (Å²) in [5.74, 6) is 0.862. The van der Waals surface area contributed by atoms with Gasteiger partial charge in [-0.2, -0.15) is 0 Å². The topological polar surface area (TPSA) is 133 Å². The second-order valence-electron chi connectivity index (χ2n) is 4.69. The van der Waals surface area contributed by atoms with Crippen molar-refractivity contribution in [2.75, 3.05) is 20.6 Å². The standard InChI is InChI=1S/C12H16N5O5P/c1-19-23(18,20-2)7-22-12-10(13)16-9(8-4-3-5-21-8)17-11(12)14-6-15-12/h3-6,9H,7H2,1-2H3,(H2,13,16)(H,14,15,17). The van der Waals surface area contributed by atoms with Crippen LogP contribution in [-0.2, 0) is 18.3 Å². The lowest BCUT2D eigenvalue weighted by molar-refractivity contribution is 0.0637. The molecule has 124 valence electrons. The van der Waals surface area contributed by atoms with Crippen LogP contribution in [0.5, 0.6) is 0 Å². The van der Waals surface area contributed by atoms with Crippen LogP contribution in [0.4, 0.5) is 0 Å². The third-order valence-electron chi connectivity index (χ3n) is 3.43. The van der Waals surface area contributed by atoms with Gasteiger partial charge in [-0.25, -0.2) is 15.0 Å². The molecule has 0 aliphatic carbocycles. The Kier molecular flexibility index (Phi) is 4.07. The predicted octanol–water partition coefficient (Wildman–Crippen LogP) is 0.835. The van der Waals surface area contributed by atoms with Gasteiger partial charge in [0.05, 0.1) is 12.6 Å². The van der Waals surface area contributed by atoms with Crippen LogP contribution in [-0.4, -0.2) is 44.3 Å². The van der Waals surface area contributed by atoms with Crippen LogP contribution in [0, 0.1) is 0 Å². The van der Waals surface area contributed by atoms with E-state index in [4.69, 9.17) is 23.9 Å². The van der Waals surface area contributed by atoms with Crippen LogP contribution in [0.3, 0.4) is 0 Å². The first-order valence-electron chi connectivity index (χ1n) is 6.63. The van der Waals surface area contributed by atoms with Crippen LogP contribution in [0.15, 0.2) is 37.8 Å². The average Bonchev–Trinajstić information content (AvgIpc) is 3.22. The fourth-order valence-electron chi connectivity index (χ4n) is 2.12. The van der Waals surface area contributed by atoms with Gasteiger partial charge >= 0.3 is 7.60 Å². The Labute approximate surface area is 132 Å². The van der Waals surface area contributed by atoms with Gasteiger partial charge < -0.3 is 29.3 Å². The molecular formula is C12H16N5O5P. The maximum absolute atomic E-state index is 12.2. The van der Waals surface area contributed by atoms with E-state index < -0.39 is 19.5 Å². The van der Waals surface area contributed by atoms with Gasteiger partial charge in [0.15, 0.2) is 23.8 Å². The molecule has 0 spiro atoms. The van der Waals surface area contributed by atoms with E-state index in [1.54, 1.807) is 12.1 Å². The maximum atomic E-state index is 12.2. The number of amidine groups is 2. The van der Waals surface area contributed by atoms with E-state index in [0.717, 1.165) is 0 Å². The zero-order valence-electron chi connectivity index (χ0n) is 12.5. The van der Waals surface area contributed by atoms with Gasteiger partial charge in [-0.1, -0.05) is 0 Å². The Hall–Kier alpha value is -2.00. The van der Waals surface area contributed by atoms with Crippen LogP contribution >= 0.6 is 7.60 Å². The second kappa shape index (κ2) is 5.89. The summed E-state index contributed by atoms with van der Waals surface area (Å²) in [5, 5.41) is 2.85. The summed E-state index contributed by atoms with van der Waals surface area (Å²) in [6.07, 6.45) is 1.90. The summed E-state index contributed by atoms with van der Waals surface area (Å²) in [6.45, 7) is 0. The molecule has 3 N–H and O–H groups in total. The van der Waals surface area contributed by atoms with Crippen LogP contribution in [0.1, 0.15) is 11.9 Å². The Morgan fingerprint density at radius 1 is 1.43 bits per heavy atom. The molecule has 0 radical (unpaired) electrons. The van der Waals surface area contributed by atoms with Crippen molar-refractivity contribution in [2.24, 2.45) is 20.7 Å². The molecule has 1 aromatic rings. The molecule has 0 saturated carbocycles. The van der Waals surface area contributed by atoms with Crippen molar-refractivity contribution in [1.82, 2.24) is 5.32 Å². The fraction of sp³-hybridized carbons (Fsp3) is 0.417. The third kappa shape index (κ3) is 2.70. The van der Waals surface area contributed by atoms with E-state index in [9.17, 15) is 4.57 Å². The summed E-state index contributed by atoms with van der Waals surface area (Å²) in [7, 11) is -0.858. The molecule has 3 heterocycles. The Morgan fingerprint density at radius 2 is 2.22 bits per heavy atom. The van der Waals surface area contributed by atoms with Gasteiger partial charge in [0, 0.05) is 14.2 Å².